The lowest BCUT2D eigenvalue weighted by atomic mass is 10.3. The van der Waals surface area contributed by atoms with Gasteiger partial charge in [0, 0.05) is 18.7 Å². The number of aliphatic imine (C=N–C) groups is 2. The molecule has 0 aliphatic heterocycles. The number of hydrogen-bond acceptors (Lipinski definition) is 3. The molecule has 0 unspecified atom stereocenters. The van der Waals surface area contributed by atoms with Gasteiger partial charge >= 0.3 is 11.9 Å². The Labute approximate surface area is 110 Å². The highest BCUT2D eigenvalue weighted by molar-refractivity contribution is 5.92. The van der Waals surface area contributed by atoms with Crippen LogP contribution in [0.2, 0.25) is 0 Å². The van der Waals surface area contributed by atoms with Crippen molar-refractivity contribution in [3.8, 4) is 0 Å². The molecule has 0 amide bonds. The van der Waals surface area contributed by atoms with Gasteiger partial charge in [0.2, 0.25) is 5.96 Å². The topological polar surface area (TPSA) is 177 Å². The van der Waals surface area contributed by atoms with E-state index in [4.69, 9.17) is 27.4 Å². The summed E-state index contributed by atoms with van der Waals surface area (Å²) < 4.78 is 0. The van der Waals surface area contributed by atoms with E-state index >= 15 is 0 Å². The Morgan fingerprint density at radius 3 is 1.89 bits per heavy atom. The van der Waals surface area contributed by atoms with Crippen molar-refractivity contribution < 1.29 is 19.8 Å². The number of nitrogens with zero attached hydrogens (tertiary/aromatic N) is 2. The SMILES string of the molecule is CCCCN=C(N)N=C(N)N.O=C(O)/C=C/C(=O)O. The summed E-state index contributed by atoms with van der Waals surface area (Å²) in [7, 11) is 0. The van der Waals surface area contributed by atoms with Gasteiger partial charge < -0.3 is 27.4 Å². The first-order valence-electron chi connectivity index (χ1n) is 5.33. The number of rotatable bonds is 5. The Morgan fingerprint density at radius 2 is 1.58 bits per heavy atom. The second-order valence-electron chi connectivity index (χ2n) is 3.14. The Balaban J connectivity index is 0. The molecule has 0 fully saturated rings. The summed E-state index contributed by atoms with van der Waals surface area (Å²) in [5.74, 6) is -2.42. The van der Waals surface area contributed by atoms with Crippen LogP contribution < -0.4 is 17.2 Å². The van der Waals surface area contributed by atoms with Crippen molar-refractivity contribution in [2.75, 3.05) is 6.54 Å². The third-order valence-corrected chi connectivity index (χ3v) is 1.40. The minimum atomic E-state index is -1.26. The molecule has 0 saturated heterocycles. The molecule has 0 radical (unpaired) electrons. The van der Waals surface area contributed by atoms with Crippen LogP contribution >= 0.6 is 0 Å². The van der Waals surface area contributed by atoms with E-state index < -0.39 is 11.9 Å². The van der Waals surface area contributed by atoms with Gasteiger partial charge in [-0.2, -0.15) is 4.99 Å². The van der Waals surface area contributed by atoms with Crippen molar-refractivity contribution >= 4 is 23.9 Å². The number of nitrogens with two attached hydrogens (primary N) is 3. The van der Waals surface area contributed by atoms with Gasteiger partial charge in [-0.1, -0.05) is 13.3 Å². The summed E-state index contributed by atoms with van der Waals surface area (Å²) in [5, 5.41) is 15.6. The van der Waals surface area contributed by atoms with Gasteiger partial charge in [-0.25, -0.2) is 9.59 Å². The Morgan fingerprint density at radius 1 is 1.11 bits per heavy atom. The average molecular weight is 273 g/mol. The van der Waals surface area contributed by atoms with E-state index in [0.717, 1.165) is 12.8 Å². The van der Waals surface area contributed by atoms with Crippen molar-refractivity contribution in [1.82, 2.24) is 0 Å². The molecule has 0 spiro atoms. The van der Waals surface area contributed by atoms with Gasteiger partial charge in [-0.3, -0.25) is 4.99 Å². The third-order valence-electron chi connectivity index (χ3n) is 1.40. The molecule has 0 heterocycles. The molecule has 8 N–H and O–H groups in total. The van der Waals surface area contributed by atoms with Gasteiger partial charge in [0.25, 0.3) is 0 Å². The molecular weight excluding hydrogens is 254 g/mol. The van der Waals surface area contributed by atoms with Gasteiger partial charge in [-0.05, 0) is 6.42 Å². The quantitative estimate of drug-likeness (QED) is 0.186. The van der Waals surface area contributed by atoms with Gasteiger partial charge in [-0.15, -0.1) is 0 Å². The maximum absolute atomic E-state index is 9.55. The van der Waals surface area contributed by atoms with Crippen LogP contribution in [0.5, 0.6) is 0 Å². The maximum Gasteiger partial charge on any atom is 0.328 e. The van der Waals surface area contributed by atoms with Gasteiger partial charge in [0.1, 0.15) is 0 Å². The standard InChI is InChI=1S/C6H15N5.C4H4O4/c1-2-3-4-10-6(9)11-5(7)8;5-3(6)1-2-4(7)8/h2-4H2,1H3,(H6,7,8,9,10,11);1-2H,(H,5,6)(H,7,8)/b;2-1+. The smallest absolute Gasteiger partial charge is 0.328 e. The van der Waals surface area contributed by atoms with Gasteiger partial charge in [0.15, 0.2) is 5.96 Å². The first-order chi connectivity index (χ1) is 8.79. The third kappa shape index (κ3) is 21.3. The van der Waals surface area contributed by atoms with Crippen molar-refractivity contribution in [1.29, 1.82) is 0 Å². The maximum atomic E-state index is 9.55. The number of hydrogen-bond donors (Lipinski definition) is 5. The summed E-state index contributed by atoms with van der Waals surface area (Å²) in [4.78, 5) is 26.6. The van der Waals surface area contributed by atoms with Crippen molar-refractivity contribution in [3.63, 3.8) is 0 Å². The molecule has 0 aromatic rings. The normalized spacial score (nSPS) is 10.5. The van der Waals surface area contributed by atoms with Crippen LogP contribution in [0.4, 0.5) is 0 Å². The average Bonchev–Trinajstić information content (AvgIpc) is 2.26. The van der Waals surface area contributed by atoms with E-state index in [2.05, 4.69) is 16.9 Å². The zero-order valence-electron chi connectivity index (χ0n) is 10.6. The zero-order chi connectivity index (χ0) is 15.3. The minimum absolute atomic E-state index is 0.0530. The van der Waals surface area contributed by atoms with Crippen LogP contribution in [0.25, 0.3) is 0 Å². The molecule has 0 atom stereocenters. The number of aliphatic carboxylic acids is 2. The lowest BCUT2D eigenvalue weighted by Crippen LogP contribution is -2.26. The molecule has 0 bridgehead atoms. The minimum Gasteiger partial charge on any atom is -0.478 e. The number of carboxylic acid groups (broad SMARTS) is 2. The number of guanidine groups is 2. The van der Waals surface area contributed by atoms with Crippen LogP contribution in [0, 0.1) is 0 Å². The molecule has 9 heteroatoms. The first-order valence-corrected chi connectivity index (χ1v) is 5.33. The van der Waals surface area contributed by atoms with Crippen molar-refractivity contribution in [3.05, 3.63) is 12.2 Å². The van der Waals surface area contributed by atoms with E-state index in [1.54, 1.807) is 0 Å². The summed E-state index contributed by atoms with van der Waals surface area (Å²) in [5.41, 5.74) is 15.4. The Bertz CT molecular complexity index is 356. The van der Waals surface area contributed by atoms with Crippen LogP contribution in [-0.4, -0.2) is 40.6 Å². The molecule has 9 nitrogen and oxygen atoms in total. The predicted molar refractivity (Wildman–Crippen MR) is 71.6 cm³/mol. The van der Waals surface area contributed by atoms with Crippen LogP contribution in [0.3, 0.4) is 0 Å². The van der Waals surface area contributed by atoms with Crippen molar-refractivity contribution in [2.45, 2.75) is 19.8 Å². The lowest BCUT2D eigenvalue weighted by molar-refractivity contribution is -0.134. The fraction of sp³-hybridized carbons (Fsp3) is 0.400. The fourth-order valence-electron chi connectivity index (χ4n) is 0.662. The van der Waals surface area contributed by atoms with Gasteiger partial charge in [0.05, 0.1) is 0 Å². The second kappa shape index (κ2) is 11.9. The number of unbranched alkanes of at least 4 members (excludes halogenated alkanes) is 1. The molecule has 0 aliphatic rings. The monoisotopic (exact) mass is 273 g/mol. The van der Waals surface area contributed by atoms with Crippen molar-refractivity contribution in [2.24, 2.45) is 27.2 Å². The summed E-state index contributed by atoms with van der Waals surface area (Å²) >= 11 is 0. The Kier molecular flexibility index (Phi) is 11.8. The van der Waals surface area contributed by atoms with Crippen LogP contribution in [-0.2, 0) is 9.59 Å². The molecular formula is C10H19N5O4. The van der Waals surface area contributed by atoms with E-state index in [0.29, 0.717) is 18.7 Å². The molecule has 0 aromatic carbocycles. The zero-order valence-corrected chi connectivity index (χ0v) is 10.6. The van der Waals surface area contributed by atoms with E-state index in [1.807, 2.05) is 0 Å². The Hall–Kier alpha value is -2.58. The fourth-order valence-corrected chi connectivity index (χ4v) is 0.662. The summed E-state index contributed by atoms with van der Waals surface area (Å²) in [6, 6.07) is 0. The summed E-state index contributed by atoms with van der Waals surface area (Å²) in [6.45, 7) is 2.76. The number of carbonyl (C=O) groups is 2. The highest BCUT2D eigenvalue weighted by atomic mass is 16.4. The molecule has 108 valence electrons. The highest BCUT2D eigenvalue weighted by Crippen LogP contribution is 1.86. The molecule has 0 saturated carbocycles. The largest absolute Gasteiger partial charge is 0.478 e. The van der Waals surface area contributed by atoms with Crippen LogP contribution in [0.1, 0.15) is 19.8 Å². The highest BCUT2D eigenvalue weighted by Gasteiger charge is 1.88. The molecule has 0 aromatic heterocycles. The first kappa shape index (κ1) is 18.8. The second-order valence-corrected chi connectivity index (χ2v) is 3.14. The molecule has 0 rings (SSSR count). The van der Waals surface area contributed by atoms with Crippen LogP contribution in [0.15, 0.2) is 22.1 Å². The molecule has 19 heavy (non-hydrogen) atoms. The number of carboxylic acids is 2. The van der Waals surface area contributed by atoms with E-state index in [-0.39, 0.29) is 11.9 Å². The lowest BCUT2D eigenvalue weighted by Gasteiger charge is -1.93. The molecule has 0 aliphatic carbocycles. The van der Waals surface area contributed by atoms with E-state index in [9.17, 15) is 9.59 Å². The van der Waals surface area contributed by atoms with E-state index in [1.165, 1.54) is 0 Å². The summed E-state index contributed by atoms with van der Waals surface area (Å²) in [6.07, 6.45) is 3.20. The predicted octanol–water partition coefficient (Wildman–Crippen LogP) is -0.914.